The van der Waals surface area contributed by atoms with E-state index in [1.54, 1.807) is 6.07 Å². The van der Waals surface area contributed by atoms with E-state index < -0.39 is 5.97 Å². The third-order valence-corrected chi connectivity index (χ3v) is 2.05. The SMILES string of the molecule is Cc1ccc(N/C=C/C(=O)O)cc1Cl. The molecule has 0 fully saturated rings. The zero-order chi connectivity index (χ0) is 10.6. The highest BCUT2D eigenvalue weighted by molar-refractivity contribution is 6.31. The summed E-state index contributed by atoms with van der Waals surface area (Å²) in [5.41, 5.74) is 1.75. The number of benzene rings is 1. The van der Waals surface area contributed by atoms with Crippen molar-refractivity contribution in [3.8, 4) is 0 Å². The van der Waals surface area contributed by atoms with Gasteiger partial charge in [0.15, 0.2) is 0 Å². The van der Waals surface area contributed by atoms with Gasteiger partial charge in [-0.2, -0.15) is 0 Å². The molecule has 74 valence electrons. The monoisotopic (exact) mass is 211 g/mol. The van der Waals surface area contributed by atoms with E-state index in [0.717, 1.165) is 17.3 Å². The Bertz CT molecular complexity index is 374. The topological polar surface area (TPSA) is 49.3 Å². The predicted molar refractivity (Wildman–Crippen MR) is 56.6 cm³/mol. The molecule has 0 atom stereocenters. The first-order chi connectivity index (χ1) is 6.59. The number of carboxylic acid groups (broad SMARTS) is 1. The first-order valence-corrected chi connectivity index (χ1v) is 4.39. The summed E-state index contributed by atoms with van der Waals surface area (Å²) in [5, 5.41) is 11.8. The molecule has 0 spiro atoms. The summed E-state index contributed by atoms with van der Waals surface area (Å²) in [6.45, 7) is 1.90. The maximum absolute atomic E-state index is 10.2. The molecule has 0 saturated carbocycles. The largest absolute Gasteiger partial charge is 0.478 e. The highest BCUT2D eigenvalue weighted by Crippen LogP contribution is 2.19. The molecule has 0 radical (unpaired) electrons. The van der Waals surface area contributed by atoms with Crippen molar-refractivity contribution in [1.82, 2.24) is 0 Å². The van der Waals surface area contributed by atoms with Gasteiger partial charge in [-0.1, -0.05) is 17.7 Å². The zero-order valence-corrected chi connectivity index (χ0v) is 8.38. The van der Waals surface area contributed by atoms with Crippen LogP contribution >= 0.6 is 11.6 Å². The molecule has 0 bridgehead atoms. The van der Waals surface area contributed by atoms with Crippen LogP contribution in [0.2, 0.25) is 5.02 Å². The third-order valence-electron chi connectivity index (χ3n) is 1.65. The number of hydrogen-bond donors (Lipinski definition) is 2. The number of aryl methyl sites for hydroxylation is 1. The van der Waals surface area contributed by atoms with Crippen molar-refractivity contribution < 1.29 is 9.90 Å². The molecular formula is C10H10ClNO2. The molecule has 0 aliphatic rings. The van der Waals surface area contributed by atoms with Gasteiger partial charge in [0.2, 0.25) is 0 Å². The molecule has 0 heterocycles. The zero-order valence-electron chi connectivity index (χ0n) is 7.62. The fourth-order valence-electron chi connectivity index (χ4n) is 0.892. The van der Waals surface area contributed by atoms with Gasteiger partial charge in [-0.25, -0.2) is 4.79 Å². The van der Waals surface area contributed by atoms with Crippen LogP contribution in [-0.2, 0) is 4.79 Å². The first kappa shape index (κ1) is 10.6. The third kappa shape index (κ3) is 3.11. The highest BCUT2D eigenvalue weighted by atomic mass is 35.5. The van der Waals surface area contributed by atoms with Crippen molar-refractivity contribution in [2.75, 3.05) is 5.32 Å². The first-order valence-electron chi connectivity index (χ1n) is 4.02. The maximum Gasteiger partial charge on any atom is 0.329 e. The molecule has 0 aliphatic heterocycles. The molecule has 0 aromatic heterocycles. The predicted octanol–water partition coefficient (Wildman–Crippen LogP) is 2.66. The molecule has 0 amide bonds. The Morgan fingerprint density at radius 1 is 1.57 bits per heavy atom. The second kappa shape index (κ2) is 4.67. The minimum Gasteiger partial charge on any atom is -0.478 e. The highest BCUT2D eigenvalue weighted by Gasteiger charge is 1.95. The van der Waals surface area contributed by atoms with Crippen LogP contribution < -0.4 is 5.32 Å². The number of carbonyl (C=O) groups is 1. The fraction of sp³-hybridized carbons (Fsp3) is 0.100. The van der Waals surface area contributed by atoms with E-state index in [1.165, 1.54) is 6.20 Å². The van der Waals surface area contributed by atoms with Gasteiger partial charge in [-0.3, -0.25) is 0 Å². The van der Waals surface area contributed by atoms with Crippen molar-refractivity contribution in [2.24, 2.45) is 0 Å². The van der Waals surface area contributed by atoms with Crippen LogP contribution in [0.1, 0.15) is 5.56 Å². The van der Waals surface area contributed by atoms with Crippen LogP contribution in [0.3, 0.4) is 0 Å². The molecule has 2 N–H and O–H groups in total. The van der Waals surface area contributed by atoms with E-state index in [0.29, 0.717) is 5.02 Å². The number of halogens is 1. The van der Waals surface area contributed by atoms with Gasteiger partial charge in [0, 0.05) is 23.0 Å². The lowest BCUT2D eigenvalue weighted by atomic mass is 10.2. The summed E-state index contributed by atoms with van der Waals surface area (Å²) < 4.78 is 0. The minimum atomic E-state index is -0.990. The van der Waals surface area contributed by atoms with E-state index in [2.05, 4.69) is 5.32 Å². The Morgan fingerprint density at radius 2 is 2.29 bits per heavy atom. The van der Waals surface area contributed by atoms with E-state index in [9.17, 15) is 4.79 Å². The number of nitrogens with one attached hydrogen (secondary N) is 1. The van der Waals surface area contributed by atoms with Crippen molar-refractivity contribution in [1.29, 1.82) is 0 Å². The molecular weight excluding hydrogens is 202 g/mol. The van der Waals surface area contributed by atoms with Gasteiger partial charge in [-0.05, 0) is 24.6 Å². The lowest BCUT2D eigenvalue weighted by Gasteiger charge is -2.02. The van der Waals surface area contributed by atoms with Crippen LogP contribution in [0.5, 0.6) is 0 Å². The van der Waals surface area contributed by atoms with Crippen LogP contribution in [0.4, 0.5) is 5.69 Å². The maximum atomic E-state index is 10.2. The van der Waals surface area contributed by atoms with E-state index in [1.807, 2.05) is 19.1 Å². The van der Waals surface area contributed by atoms with Crippen LogP contribution in [0, 0.1) is 6.92 Å². The average molecular weight is 212 g/mol. The quantitative estimate of drug-likeness (QED) is 0.756. The molecule has 1 aromatic carbocycles. The summed E-state index contributed by atoms with van der Waals surface area (Å²) in [5.74, 6) is -0.990. The average Bonchev–Trinajstić information content (AvgIpc) is 2.10. The summed E-state index contributed by atoms with van der Waals surface area (Å²) in [6, 6.07) is 5.43. The van der Waals surface area contributed by atoms with Crippen LogP contribution in [0.15, 0.2) is 30.5 Å². The van der Waals surface area contributed by atoms with Gasteiger partial charge in [0.1, 0.15) is 0 Å². The van der Waals surface area contributed by atoms with Crippen LogP contribution in [-0.4, -0.2) is 11.1 Å². The van der Waals surface area contributed by atoms with Crippen molar-refractivity contribution in [2.45, 2.75) is 6.92 Å². The normalized spacial score (nSPS) is 10.4. The second-order valence-electron chi connectivity index (χ2n) is 2.78. The van der Waals surface area contributed by atoms with Crippen molar-refractivity contribution >= 4 is 23.3 Å². The molecule has 1 aromatic rings. The molecule has 14 heavy (non-hydrogen) atoms. The summed E-state index contributed by atoms with van der Waals surface area (Å²) in [4.78, 5) is 10.2. The fourth-order valence-corrected chi connectivity index (χ4v) is 1.07. The Balaban J connectivity index is 2.69. The van der Waals surface area contributed by atoms with E-state index in [4.69, 9.17) is 16.7 Å². The Labute approximate surface area is 87.0 Å². The molecule has 0 unspecified atom stereocenters. The molecule has 1 rings (SSSR count). The van der Waals surface area contributed by atoms with Gasteiger partial charge < -0.3 is 10.4 Å². The smallest absolute Gasteiger partial charge is 0.329 e. The Hall–Kier alpha value is -1.48. The van der Waals surface area contributed by atoms with Gasteiger partial charge in [0.05, 0.1) is 0 Å². The van der Waals surface area contributed by atoms with E-state index in [-0.39, 0.29) is 0 Å². The molecule has 0 saturated heterocycles. The number of carboxylic acids is 1. The van der Waals surface area contributed by atoms with Gasteiger partial charge >= 0.3 is 5.97 Å². The molecule has 0 aliphatic carbocycles. The lowest BCUT2D eigenvalue weighted by Crippen LogP contribution is -1.92. The second-order valence-corrected chi connectivity index (χ2v) is 3.19. The summed E-state index contributed by atoms with van der Waals surface area (Å²) in [7, 11) is 0. The minimum absolute atomic E-state index is 0.652. The molecule has 3 nitrogen and oxygen atoms in total. The number of anilines is 1. The summed E-state index contributed by atoms with van der Waals surface area (Å²) >= 11 is 5.87. The number of rotatable bonds is 3. The van der Waals surface area contributed by atoms with Gasteiger partial charge in [0.25, 0.3) is 0 Å². The van der Waals surface area contributed by atoms with Crippen molar-refractivity contribution in [3.63, 3.8) is 0 Å². The summed E-state index contributed by atoms with van der Waals surface area (Å²) in [6.07, 6.45) is 2.37. The molecule has 4 heteroatoms. The van der Waals surface area contributed by atoms with Crippen molar-refractivity contribution in [3.05, 3.63) is 41.1 Å². The lowest BCUT2D eigenvalue weighted by molar-refractivity contribution is -0.131. The Kier molecular flexibility index (Phi) is 3.54. The van der Waals surface area contributed by atoms with Crippen LogP contribution in [0.25, 0.3) is 0 Å². The standard InChI is InChI=1S/C10H10ClNO2/c1-7-2-3-8(6-9(7)11)12-5-4-10(13)14/h2-6,12H,1H3,(H,13,14)/b5-4+. The van der Waals surface area contributed by atoms with Gasteiger partial charge in [-0.15, -0.1) is 0 Å². The Morgan fingerprint density at radius 3 is 2.86 bits per heavy atom. The van der Waals surface area contributed by atoms with E-state index >= 15 is 0 Å². The number of aliphatic carboxylic acids is 1. The number of hydrogen-bond acceptors (Lipinski definition) is 2.